The molecular weight excluding hydrogens is 494 g/mol. The summed E-state index contributed by atoms with van der Waals surface area (Å²) < 4.78 is 6.16. The molecule has 0 N–H and O–H groups in total. The zero-order valence-electron chi connectivity index (χ0n) is 18.3. The van der Waals surface area contributed by atoms with Gasteiger partial charge in [0.25, 0.3) is 0 Å². The van der Waals surface area contributed by atoms with Crippen molar-refractivity contribution in [3.63, 3.8) is 0 Å². The van der Waals surface area contributed by atoms with E-state index in [0.29, 0.717) is 11.1 Å². The third kappa shape index (κ3) is 2.57. The Morgan fingerprint density at radius 3 is 2.18 bits per heavy atom. The summed E-state index contributed by atoms with van der Waals surface area (Å²) in [5.41, 5.74) is 1.81. The number of fused-ring (bicyclic) bond motifs is 5. The fraction of sp³-hybridized carbons (Fsp3) is 0.179. The van der Waals surface area contributed by atoms with Crippen LogP contribution in [0.3, 0.4) is 0 Å². The highest BCUT2D eigenvalue weighted by Gasteiger charge is 2.71. The Hall–Kier alpha value is -3.51. The van der Waals surface area contributed by atoms with Gasteiger partial charge < -0.3 is 9.64 Å². The Balaban J connectivity index is 1.69. The molecule has 0 radical (unpaired) electrons. The topological polar surface area (TPSA) is 63.7 Å². The van der Waals surface area contributed by atoms with E-state index in [4.69, 9.17) is 4.74 Å². The molecule has 168 valence electrons. The van der Waals surface area contributed by atoms with E-state index in [1.165, 1.54) is 7.11 Å². The summed E-state index contributed by atoms with van der Waals surface area (Å²) in [6.45, 7) is 0. The molecule has 1 aliphatic carbocycles. The first-order valence-corrected chi connectivity index (χ1v) is 11.9. The second-order valence-corrected chi connectivity index (χ2v) is 9.76. The van der Waals surface area contributed by atoms with Crippen LogP contribution >= 0.6 is 15.9 Å². The van der Waals surface area contributed by atoms with Gasteiger partial charge >= 0.3 is 5.97 Å². The Morgan fingerprint density at radius 1 is 0.912 bits per heavy atom. The average Bonchev–Trinajstić information content (AvgIpc) is 3.31. The van der Waals surface area contributed by atoms with Crippen molar-refractivity contribution < 1.29 is 19.1 Å². The van der Waals surface area contributed by atoms with Crippen molar-refractivity contribution in [3.8, 4) is 0 Å². The standard InChI is InChI=1S/C28H20BrNO4/c1-34-27(33)24-23(17-10-13-18(29)14-11-17)28(25(31)19-7-3-4-8-20(19)26(28)32)22-15-12-16-6-2-5-9-21(16)30(22)24/h2-15,22-24H,1H3/t22-,23-,24-/m0/s1. The van der Waals surface area contributed by atoms with Gasteiger partial charge in [0.05, 0.1) is 13.2 Å². The van der Waals surface area contributed by atoms with E-state index in [0.717, 1.165) is 21.3 Å². The number of halogens is 1. The van der Waals surface area contributed by atoms with Gasteiger partial charge in [-0.25, -0.2) is 4.79 Å². The summed E-state index contributed by atoms with van der Waals surface area (Å²) in [5.74, 6) is -1.70. The van der Waals surface area contributed by atoms with E-state index in [1.807, 2.05) is 65.6 Å². The molecule has 3 aromatic carbocycles. The van der Waals surface area contributed by atoms with Crippen LogP contribution in [0.2, 0.25) is 0 Å². The van der Waals surface area contributed by atoms with Crippen LogP contribution in [-0.2, 0) is 9.53 Å². The van der Waals surface area contributed by atoms with E-state index in [9.17, 15) is 14.4 Å². The third-order valence-corrected chi connectivity index (χ3v) is 7.91. The van der Waals surface area contributed by atoms with Crippen LogP contribution in [0.4, 0.5) is 5.69 Å². The molecule has 2 heterocycles. The monoisotopic (exact) mass is 513 g/mol. The highest BCUT2D eigenvalue weighted by atomic mass is 79.9. The predicted molar refractivity (Wildman–Crippen MR) is 132 cm³/mol. The van der Waals surface area contributed by atoms with Gasteiger partial charge in [-0.05, 0) is 29.3 Å². The normalized spacial score (nSPS) is 23.6. The first-order chi connectivity index (χ1) is 16.5. The van der Waals surface area contributed by atoms with Crippen LogP contribution in [0, 0.1) is 5.41 Å². The average molecular weight is 514 g/mol. The summed E-state index contributed by atoms with van der Waals surface area (Å²) in [7, 11) is 1.35. The maximum Gasteiger partial charge on any atom is 0.329 e. The van der Waals surface area contributed by atoms with E-state index in [1.54, 1.807) is 24.3 Å². The fourth-order valence-corrected chi connectivity index (χ4v) is 6.32. The molecule has 0 amide bonds. The lowest BCUT2D eigenvalue weighted by atomic mass is 9.65. The summed E-state index contributed by atoms with van der Waals surface area (Å²) in [5, 5.41) is 0. The van der Waals surface area contributed by atoms with Crippen molar-refractivity contribution in [1.82, 2.24) is 0 Å². The lowest BCUT2D eigenvalue weighted by Crippen LogP contribution is -2.48. The first-order valence-electron chi connectivity index (χ1n) is 11.1. The molecule has 0 aromatic heterocycles. The molecule has 0 unspecified atom stereocenters. The molecule has 3 atom stereocenters. The van der Waals surface area contributed by atoms with Gasteiger partial charge in [0, 0.05) is 27.2 Å². The number of methoxy groups -OCH3 is 1. The van der Waals surface area contributed by atoms with Crippen molar-refractivity contribution >= 4 is 45.2 Å². The van der Waals surface area contributed by atoms with Gasteiger partial charge in [0.2, 0.25) is 0 Å². The number of para-hydroxylation sites is 1. The number of carbonyl (C=O) groups is 3. The summed E-state index contributed by atoms with van der Waals surface area (Å²) >= 11 is 3.47. The van der Waals surface area contributed by atoms with Gasteiger partial charge in [-0.1, -0.05) is 82.7 Å². The van der Waals surface area contributed by atoms with Crippen LogP contribution in [-0.4, -0.2) is 36.7 Å². The minimum Gasteiger partial charge on any atom is -0.467 e. The highest BCUT2D eigenvalue weighted by Crippen LogP contribution is 2.60. The number of ether oxygens (including phenoxy) is 1. The molecule has 2 aliphatic heterocycles. The maximum absolute atomic E-state index is 14.3. The van der Waals surface area contributed by atoms with Crippen LogP contribution in [0.1, 0.15) is 37.8 Å². The van der Waals surface area contributed by atoms with Crippen molar-refractivity contribution in [2.24, 2.45) is 5.41 Å². The highest BCUT2D eigenvalue weighted by molar-refractivity contribution is 9.10. The molecular formula is C28H20BrNO4. The van der Waals surface area contributed by atoms with Gasteiger partial charge in [0.15, 0.2) is 11.6 Å². The number of hydrogen-bond acceptors (Lipinski definition) is 5. The van der Waals surface area contributed by atoms with Crippen molar-refractivity contribution in [3.05, 3.63) is 106 Å². The zero-order chi connectivity index (χ0) is 23.6. The fourth-order valence-electron chi connectivity index (χ4n) is 6.05. The minimum atomic E-state index is -1.49. The minimum absolute atomic E-state index is 0.244. The van der Waals surface area contributed by atoms with Crippen LogP contribution in [0.5, 0.6) is 0 Å². The van der Waals surface area contributed by atoms with E-state index < -0.39 is 29.4 Å². The zero-order valence-corrected chi connectivity index (χ0v) is 19.9. The van der Waals surface area contributed by atoms with Crippen LogP contribution in [0.25, 0.3) is 6.08 Å². The molecule has 0 bridgehead atoms. The molecule has 6 rings (SSSR count). The number of nitrogens with zero attached hydrogens (tertiary/aromatic N) is 1. The first kappa shape index (κ1) is 21.1. The van der Waals surface area contributed by atoms with Gasteiger partial charge in [0.1, 0.15) is 11.5 Å². The van der Waals surface area contributed by atoms with E-state index in [-0.39, 0.29) is 11.6 Å². The molecule has 3 aliphatic rings. The quantitative estimate of drug-likeness (QED) is 0.354. The predicted octanol–water partition coefficient (Wildman–Crippen LogP) is 5.06. The number of anilines is 1. The molecule has 1 spiro atoms. The van der Waals surface area contributed by atoms with Gasteiger partial charge in [-0.2, -0.15) is 0 Å². The molecule has 3 aromatic rings. The largest absolute Gasteiger partial charge is 0.467 e. The number of rotatable bonds is 2. The summed E-state index contributed by atoms with van der Waals surface area (Å²) in [6, 6.07) is 20.7. The van der Waals surface area contributed by atoms with Crippen molar-refractivity contribution in [2.45, 2.75) is 18.0 Å². The smallest absolute Gasteiger partial charge is 0.329 e. The number of hydrogen-bond donors (Lipinski definition) is 0. The summed E-state index contributed by atoms with van der Waals surface area (Å²) in [4.78, 5) is 43.9. The Labute approximate surface area is 205 Å². The van der Waals surface area contributed by atoms with Crippen LogP contribution < -0.4 is 4.90 Å². The number of esters is 1. The van der Waals surface area contributed by atoms with Crippen LogP contribution in [0.15, 0.2) is 83.3 Å². The second-order valence-electron chi connectivity index (χ2n) is 8.84. The van der Waals surface area contributed by atoms with Gasteiger partial charge in [-0.3, -0.25) is 9.59 Å². The number of benzene rings is 3. The van der Waals surface area contributed by atoms with E-state index in [2.05, 4.69) is 15.9 Å². The molecule has 1 fully saturated rings. The van der Waals surface area contributed by atoms with Gasteiger partial charge in [-0.15, -0.1) is 0 Å². The Bertz CT molecular complexity index is 1360. The van der Waals surface area contributed by atoms with Crippen molar-refractivity contribution in [1.29, 1.82) is 0 Å². The lowest BCUT2D eigenvalue weighted by molar-refractivity contribution is -0.142. The molecule has 5 nitrogen and oxygen atoms in total. The van der Waals surface area contributed by atoms with Crippen molar-refractivity contribution in [2.75, 3.05) is 12.0 Å². The second kappa shape index (κ2) is 7.50. The lowest BCUT2D eigenvalue weighted by Gasteiger charge is -2.36. The molecule has 1 saturated heterocycles. The number of Topliss-reactive ketones (excluding diaryl/α,β-unsaturated/α-hetero) is 2. The Kier molecular flexibility index (Phi) is 4.64. The maximum atomic E-state index is 14.3. The molecule has 0 saturated carbocycles. The Morgan fingerprint density at radius 2 is 1.53 bits per heavy atom. The molecule has 6 heteroatoms. The summed E-state index contributed by atoms with van der Waals surface area (Å²) in [6.07, 6.45) is 3.85. The number of carbonyl (C=O) groups excluding carboxylic acids is 3. The number of ketones is 2. The SMILES string of the molecule is COC(=O)[C@@H]1[C@H](c2ccc(Br)cc2)C2(C(=O)c3ccccc3C2=O)[C@@H]2C=Cc3ccccc3N12. The van der Waals surface area contributed by atoms with E-state index >= 15 is 0 Å². The third-order valence-electron chi connectivity index (χ3n) is 7.38. The molecule has 34 heavy (non-hydrogen) atoms.